The predicted octanol–water partition coefficient (Wildman–Crippen LogP) is 10.4. The summed E-state index contributed by atoms with van der Waals surface area (Å²) < 4.78 is 35.6. The Kier molecular flexibility index (Phi) is 9.08. The minimum Gasteiger partial charge on any atom is -0.454 e. The fourth-order valence-corrected chi connectivity index (χ4v) is 9.79. The second-order valence-electron chi connectivity index (χ2n) is 16.5. The van der Waals surface area contributed by atoms with E-state index in [2.05, 4.69) is 0 Å². The second kappa shape index (κ2) is 14.4. The molecule has 0 radical (unpaired) electrons. The SMILES string of the molecule is C[C@@H]1[C@@H](C(C)(C)F)[C@H](CCO)O[C@@]12C(=O)N(Cc1ccc(N3C(=O)c4ccccc4Oc4ccccc43)cc1)c1ccc(N3C(=O)c4ccccc4Oc4ccccc43)cc12. The predicted molar refractivity (Wildman–Crippen MR) is 229 cm³/mol. The van der Waals surface area contributed by atoms with Crippen molar-refractivity contribution in [2.24, 2.45) is 11.8 Å². The Morgan fingerprint density at radius 2 is 1.16 bits per heavy atom. The zero-order valence-electron chi connectivity index (χ0n) is 33.7. The maximum atomic E-state index is 16.3. The molecule has 10 rings (SSSR count). The molecule has 0 aromatic heterocycles. The molecule has 10 nitrogen and oxygen atoms in total. The van der Waals surface area contributed by atoms with Gasteiger partial charge in [-0.25, -0.2) is 4.39 Å². The summed E-state index contributed by atoms with van der Waals surface area (Å²) >= 11 is 0. The van der Waals surface area contributed by atoms with Crippen LogP contribution < -0.4 is 24.2 Å². The lowest BCUT2D eigenvalue weighted by molar-refractivity contribution is -0.146. The molecule has 3 amide bonds. The van der Waals surface area contributed by atoms with Gasteiger partial charge in [-0.2, -0.15) is 0 Å². The fraction of sp³-hybridized carbons (Fsp3) is 0.220. The highest BCUT2D eigenvalue weighted by Gasteiger charge is 2.66. The molecule has 4 heterocycles. The van der Waals surface area contributed by atoms with E-state index in [1.165, 1.54) is 13.8 Å². The van der Waals surface area contributed by atoms with Gasteiger partial charge in [0.25, 0.3) is 17.7 Å². The van der Waals surface area contributed by atoms with Crippen molar-refractivity contribution in [2.45, 2.75) is 51.1 Å². The van der Waals surface area contributed by atoms with Gasteiger partial charge in [-0.15, -0.1) is 0 Å². The van der Waals surface area contributed by atoms with Gasteiger partial charge in [0, 0.05) is 35.4 Å². The number of rotatable bonds is 7. The number of benzene rings is 6. The van der Waals surface area contributed by atoms with Crippen LogP contribution in [0.15, 0.2) is 140 Å². The molecule has 1 fully saturated rings. The molecule has 306 valence electrons. The molecule has 1 N–H and O–H groups in total. The molecule has 4 aliphatic heterocycles. The smallest absolute Gasteiger partial charge is 0.266 e. The van der Waals surface area contributed by atoms with Gasteiger partial charge in [0.2, 0.25) is 0 Å². The van der Waals surface area contributed by atoms with E-state index >= 15 is 9.18 Å². The van der Waals surface area contributed by atoms with Gasteiger partial charge in [-0.05, 0) is 105 Å². The van der Waals surface area contributed by atoms with Gasteiger partial charge in [-0.3, -0.25) is 24.2 Å². The highest BCUT2D eigenvalue weighted by atomic mass is 19.1. The summed E-state index contributed by atoms with van der Waals surface area (Å²) in [7, 11) is 0. The molecule has 6 aromatic carbocycles. The molecule has 0 aliphatic carbocycles. The fourth-order valence-electron chi connectivity index (χ4n) is 9.79. The average molecular weight is 816 g/mol. The maximum Gasteiger partial charge on any atom is 0.266 e. The average Bonchev–Trinajstić information content (AvgIpc) is 3.57. The van der Waals surface area contributed by atoms with E-state index in [4.69, 9.17) is 14.2 Å². The molecule has 4 aliphatic rings. The number of hydrogen-bond acceptors (Lipinski definition) is 7. The summed E-state index contributed by atoms with van der Waals surface area (Å²) in [4.78, 5) is 48.8. The Bertz CT molecular complexity index is 2750. The lowest BCUT2D eigenvalue weighted by atomic mass is 9.71. The number of para-hydroxylation sites is 6. The summed E-state index contributed by atoms with van der Waals surface area (Å²) in [5.74, 6) is -0.453. The van der Waals surface area contributed by atoms with Crippen molar-refractivity contribution in [1.82, 2.24) is 0 Å². The number of anilines is 5. The molecule has 0 saturated carbocycles. The highest BCUT2D eigenvalue weighted by molar-refractivity contribution is 6.16. The Morgan fingerprint density at radius 1 is 0.656 bits per heavy atom. The molecule has 11 heteroatoms. The number of amides is 3. The summed E-state index contributed by atoms with van der Waals surface area (Å²) in [5.41, 5.74) is 1.40. The van der Waals surface area contributed by atoms with E-state index in [1.54, 1.807) is 75.4 Å². The Balaban J connectivity index is 1.07. The molecule has 61 heavy (non-hydrogen) atoms. The van der Waals surface area contributed by atoms with E-state index in [0.29, 0.717) is 68.1 Å². The number of carbonyl (C=O) groups is 3. The topological polar surface area (TPSA) is 109 Å². The number of ether oxygens (including phenoxy) is 3. The second-order valence-corrected chi connectivity index (χ2v) is 16.5. The van der Waals surface area contributed by atoms with Crippen molar-refractivity contribution in [3.8, 4) is 23.0 Å². The van der Waals surface area contributed by atoms with Crippen molar-refractivity contribution in [3.63, 3.8) is 0 Å². The van der Waals surface area contributed by atoms with Crippen LogP contribution in [0.5, 0.6) is 23.0 Å². The number of aliphatic hydroxyl groups excluding tert-OH is 1. The molecule has 0 bridgehead atoms. The third kappa shape index (κ3) is 6.01. The lowest BCUT2D eigenvalue weighted by Crippen LogP contribution is -2.45. The molecule has 0 unspecified atom stereocenters. The van der Waals surface area contributed by atoms with E-state index in [1.807, 2.05) is 85.8 Å². The number of alkyl halides is 1. The summed E-state index contributed by atoms with van der Waals surface area (Å²) in [5, 5.41) is 10.1. The maximum absolute atomic E-state index is 16.3. The minimum absolute atomic E-state index is 0.126. The first-order valence-corrected chi connectivity index (χ1v) is 20.4. The highest BCUT2D eigenvalue weighted by Crippen LogP contribution is 2.59. The Morgan fingerprint density at radius 3 is 1.72 bits per heavy atom. The van der Waals surface area contributed by atoms with E-state index in [9.17, 15) is 14.7 Å². The third-order valence-corrected chi connectivity index (χ3v) is 12.4. The monoisotopic (exact) mass is 815 g/mol. The Hall–Kier alpha value is -6.82. The molecular formula is C50H42FN3O7. The zero-order valence-corrected chi connectivity index (χ0v) is 33.7. The van der Waals surface area contributed by atoms with Crippen LogP contribution in [-0.4, -0.2) is 41.2 Å². The van der Waals surface area contributed by atoms with Gasteiger partial charge in [0.1, 0.15) is 17.2 Å². The van der Waals surface area contributed by atoms with Crippen molar-refractivity contribution in [3.05, 3.63) is 162 Å². The molecule has 4 atom stereocenters. The van der Waals surface area contributed by atoms with Gasteiger partial charge in [0.05, 0.1) is 40.8 Å². The molecule has 1 spiro atoms. The number of nitrogens with zero attached hydrogens (tertiary/aromatic N) is 3. The summed E-state index contributed by atoms with van der Waals surface area (Å²) in [6.07, 6.45) is -0.642. The van der Waals surface area contributed by atoms with Crippen LogP contribution in [0.4, 0.5) is 32.8 Å². The minimum atomic E-state index is -1.76. The largest absolute Gasteiger partial charge is 0.454 e. The number of aliphatic hydroxyl groups is 1. The number of carbonyl (C=O) groups excluding carboxylic acids is 3. The standard InChI is InChI=1S/C50H42FN3O7/c1-30-45(49(2,3)51)44(26-27-55)61-50(30)36-28-33(54-39-15-7-11-19-43(39)60-41-17-9-5-13-35(41)47(54)57)24-25-37(36)52(48(50)58)29-31-20-22-32(23-21-31)53-38-14-6-10-18-42(38)59-40-16-8-4-12-34(40)46(53)56/h4-25,28,30,44-45,55H,26-27,29H2,1-3H3/t30-,44+,45-,50+/m1/s1. The summed E-state index contributed by atoms with van der Waals surface area (Å²) in [6, 6.07) is 41.7. The summed E-state index contributed by atoms with van der Waals surface area (Å²) in [6.45, 7) is 4.68. The molecular weight excluding hydrogens is 774 g/mol. The first-order valence-electron chi connectivity index (χ1n) is 20.4. The van der Waals surface area contributed by atoms with Crippen LogP contribution in [-0.2, 0) is 21.7 Å². The van der Waals surface area contributed by atoms with Gasteiger partial charge >= 0.3 is 0 Å². The van der Waals surface area contributed by atoms with E-state index in [0.717, 1.165) is 5.56 Å². The number of fused-ring (bicyclic) bond motifs is 6. The van der Waals surface area contributed by atoms with Gasteiger partial charge in [0.15, 0.2) is 17.1 Å². The van der Waals surface area contributed by atoms with Crippen molar-refractivity contribution in [2.75, 3.05) is 21.3 Å². The van der Waals surface area contributed by atoms with Crippen LogP contribution in [0.25, 0.3) is 0 Å². The molecule has 6 aromatic rings. The van der Waals surface area contributed by atoms with Crippen LogP contribution in [0.2, 0.25) is 0 Å². The van der Waals surface area contributed by atoms with Gasteiger partial charge < -0.3 is 24.2 Å². The van der Waals surface area contributed by atoms with Crippen molar-refractivity contribution < 1.29 is 38.1 Å². The van der Waals surface area contributed by atoms with Gasteiger partial charge in [-0.1, -0.05) is 67.6 Å². The van der Waals surface area contributed by atoms with E-state index in [-0.39, 0.29) is 37.3 Å². The van der Waals surface area contributed by atoms with Crippen LogP contribution in [0, 0.1) is 11.8 Å². The first kappa shape index (κ1) is 38.4. The zero-order chi connectivity index (χ0) is 42.2. The third-order valence-electron chi connectivity index (χ3n) is 12.4. The number of hydrogen-bond donors (Lipinski definition) is 1. The first-order chi connectivity index (χ1) is 29.5. The quantitative estimate of drug-likeness (QED) is 0.171. The normalized spacial score (nSPS) is 21.5. The van der Waals surface area contributed by atoms with Crippen molar-refractivity contribution >= 4 is 46.2 Å². The molecule has 1 saturated heterocycles. The van der Waals surface area contributed by atoms with Crippen LogP contribution in [0.1, 0.15) is 59.0 Å². The Labute approximate surface area is 352 Å². The van der Waals surface area contributed by atoms with Crippen molar-refractivity contribution in [1.29, 1.82) is 0 Å². The van der Waals surface area contributed by atoms with E-state index < -0.39 is 29.2 Å². The van der Waals surface area contributed by atoms with Crippen LogP contribution in [0.3, 0.4) is 0 Å². The lowest BCUT2D eigenvalue weighted by Gasteiger charge is -2.32. The van der Waals surface area contributed by atoms with Crippen LogP contribution >= 0.6 is 0 Å². The number of halogens is 1.